The van der Waals surface area contributed by atoms with E-state index in [-0.39, 0.29) is 17.7 Å². The first-order valence-electron chi connectivity index (χ1n) is 6.84. The minimum atomic E-state index is 0.191. The lowest BCUT2D eigenvalue weighted by Crippen LogP contribution is -2.32. The Bertz CT molecular complexity index is 657. The van der Waals surface area contributed by atoms with Crippen LogP contribution in [-0.2, 0) is 4.79 Å². The average Bonchev–Trinajstić information content (AvgIpc) is 2.88. The van der Waals surface area contributed by atoms with Gasteiger partial charge in [0, 0.05) is 30.0 Å². The topological polar surface area (TPSA) is 37.4 Å². The summed E-state index contributed by atoms with van der Waals surface area (Å²) in [5.41, 5.74) is 5.23. The molecule has 3 nitrogen and oxygen atoms in total. The molecule has 0 radical (unpaired) electrons. The SMILES string of the molecule is CC1=C2CC(=O)c3cccc(c32)N2C(=O)CC[C@@H]2C1. The molecule has 2 aliphatic heterocycles. The largest absolute Gasteiger partial charge is 0.308 e. The van der Waals surface area contributed by atoms with E-state index in [1.807, 2.05) is 23.1 Å². The highest BCUT2D eigenvalue weighted by atomic mass is 16.2. The summed E-state index contributed by atoms with van der Waals surface area (Å²) in [6, 6.07) is 6.07. The van der Waals surface area contributed by atoms with Gasteiger partial charge in [0.2, 0.25) is 5.91 Å². The molecule has 0 bridgehead atoms. The summed E-state index contributed by atoms with van der Waals surface area (Å²) in [6.45, 7) is 2.11. The van der Waals surface area contributed by atoms with Gasteiger partial charge in [-0.1, -0.05) is 17.7 Å². The van der Waals surface area contributed by atoms with E-state index in [1.165, 1.54) is 5.57 Å². The monoisotopic (exact) mass is 253 g/mol. The Balaban J connectivity index is 2.04. The van der Waals surface area contributed by atoms with E-state index in [0.717, 1.165) is 35.2 Å². The Kier molecular flexibility index (Phi) is 2.06. The van der Waals surface area contributed by atoms with E-state index in [0.29, 0.717) is 12.8 Å². The zero-order valence-corrected chi connectivity index (χ0v) is 10.9. The number of hydrogen-bond acceptors (Lipinski definition) is 2. The van der Waals surface area contributed by atoms with Crippen LogP contribution in [0.25, 0.3) is 5.57 Å². The molecule has 1 amide bonds. The Morgan fingerprint density at radius 3 is 2.95 bits per heavy atom. The van der Waals surface area contributed by atoms with Crippen molar-refractivity contribution in [1.82, 2.24) is 0 Å². The highest BCUT2D eigenvalue weighted by Crippen LogP contribution is 2.46. The van der Waals surface area contributed by atoms with Gasteiger partial charge in [-0.05, 0) is 31.4 Å². The van der Waals surface area contributed by atoms with Crippen molar-refractivity contribution < 1.29 is 9.59 Å². The van der Waals surface area contributed by atoms with Crippen molar-refractivity contribution in [2.45, 2.75) is 38.6 Å². The van der Waals surface area contributed by atoms with Gasteiger partial charge in [0.1, 0.15) is 0 Å². The second kappa shape index (κ2) is 3.56. The van der Waals surface area contributed by atoms with Crippen LogP contribution in [0.3, 0.4) is 0 Å². The van der Waals surface area contributed by atoms with Gasteiger partial charge in [-0.15, -0.1) is 0 Å². The lowest BCUT2D eigenvalue weighted by Gasteiger charge is -2.24. The first kappa shape index (κ1) is 11.0. The van der Waals surface area contributed by atoms with Gasteiger partial charge in [0.25, 0.3) is 0 Å². The van der Waals surface area contributed by atoms with E-state index in [4.69, 9.17) is 0 Å². The maximum atomic E-state index is 12.2. The molecule has 1 fully saturated rings. The van der Waals surface area contributed by atoms with Crippen LogP contribution >= 0.6 is 0 Å². The normalized spacial score (nSPS) is 24.7. The number of amides is 1. The number of allylic oxidation sites excluding steroid dienone is 1. The minimum absolute atomic E-state index is 0.191. The fourth-order valence-electron chi connectivity index (χ4n) is 3.74. The fraction of sp³-hybridized carbons (Fsp3) is 0.375. The zero-order valence-electron chi connectivity index (χ0n) is 10.9. The Labute approximate surface area is 111 Å². The van der Waals surface area contributed by atoms with Gasteiger partial charge >= 0.3 is 0 Å². The van der Waals surface area contributed by atoms with Crippen LogP contribution in [0, 0.1) is 0 Å². The summed E-state index contributed by atoms with van der Waals surface area (Å²) in [4.78, 5) is 26.2. The maximum Gasteiger partial charge on any atom is 0.227 e. The standard InChI is InChI=1S/C16H15NO2/c1-9-7-10-5-6-15(19)17(10)13-4-2-3-11-14(18)8-12(9)16(11)13/h2-4,10H,5-8H2,1H3/t10-/m1/s1. The molecule has 1 aromatic carbocycles. The number of fused-ring (bicyclic) bond motifs is 2. The number of benzene rings is 1. The van der Waals surface area contributed by atoms with Crippen molar-refractivity contribution in [3.8, 4) is 0 Å². The van der Waals surface area contributed by atoms with Gasteiger partial charge in [-0.2, -0.15) is 0 Å². The molecular weight excluding hydrogens is 238 g/mol. The molecule has 1 atom stereocenters. The highest BCUT2D eigenvalue weighted by molar-refractivity contribution is 6.16. The third-order valence-electron chi connectivity index (χ3n) is 4.62. The smallest absolute Gasteiger partial charge is 0.227 e. The molecule has 1 saturated heterocycles. The highest BCUT2D eigenvalue weighted by Gasteiger charge is 2.40. The molecular formula is C16H15NO2. The molecule has 0 unspecified atom stereocenters. The predicted molar refractivity (Wildman–Crippen MR) is 73.1 cm³/mol. The van der Waals surface area contributed by atoms with Gasteiger partial charge in [0.05, 0.1) is 5.69 Å². The van der Waals surface area contributed by atoms with Crippen molar-refractivity contribution in [2.75, 3.05) is 4.90 Å². The lowest BCUT2D eigenvalue weighted by molar-refractivity contribution is -0.117. The summed E-state index contributed by atoms with van der Waals surface area (Å²) in [5, 5.41) is 0. The average molecular weight is 253 g/mol. The Hall–Kier alpha value is -1.90. The van der Waals surface area contributed by atoms with Gasteiger partial charge < -0.3 is 4.90 Å². The zero-order chi connectivity index (χ0) is 13.1. The molecule has 3 heteroatoms. The van der Waals surface area contributed by atoms with Crippen molar-refractivity contribution in [3.63, 3.8) is 0 Å². The predicted octanol–water partition coefficient (Wildman–Crippen LogP) is 2.95. The molecule has 0 N–H and O–H groups in total. The summed E-state index contributed by atoms with van der Waals surface area (Å²) in [6.07, 6.45) is 2.97. The van der Waals surface area contributed by atoms with Crippen molar-refractivity contribution >= 4 is 23.0 Å². The Morgan fingerprint density at radius 1 is 1.26 bits per heavy atom. The quantitative estimate of drug-likeness (QED) is 0.713. The maximum absolute atomic E-state index is 12.2. The third-order valence-corrected chi connectivity index (χ3v) is 4.62. The summed E-state index contributed by atoms with van der Waals surface area (Å²) >= 11 is 0. The van der Waals surface area contributed by atoms with E-state index < -0.39 is 0 Å². The second-order valence-electron chi connectivity index (χ2n) is 5.72. The van der Waals surface area contributed by atoms with Gasteiger partial charge in [-0.25, -0.2) is 0 Å². The van der Waals surface area contributed by atoms with Crippen LogP contribution in [0.2, 0.25) is 0 Å². The number of carbonyl (C=O) groups excluding carboxylic acids is 2. The molecule has 3 aliphatic rings. The first-order valence-corrected chi connectivity index (χ1v) is 6.84. The fourth-order valence-corrected chi connectivity index (χ4v) is 3.74. The number of nitrogens with zero attached hydrogens (tertiary/aromatic N) is 1. The van der Waals surface area contributed by atoms with Gasteiger partial charge in [0.15, 0.2) is 5.78 Å². The number of rotatable bonds is 0. The molecule has 0 saturated carbocycles. The van der Waals surface area contributed by atoms with Crippen molar-refractivity contribution in [2.24, 2.45) is 0 Å². The molecule has 2 heterocycles. The number of carbonyl (C=O) groups is 2. The van der Waals surface area contributed by atoms with Crippen molar-refractivity contribution in [1.29, 1.82) is 0 Å². The molecule has 1 aliphatic carbocycles. The van der Waals surface area contributed by atoms with E-state index in [9.17, 15) is 9.59 Å². The van der Waals surface area contributed by atoms with Crippen molar-refractivity contribution in [3.05, 3.63) is 34.9 Å². The second-order valence-corrected chi connectivity index (χ2v) is 5.72. The van der Waals surface area contributed by atoms with Gasteiger partial charge in [-0.3, -0.25) is 9.59 Å². The molecule has 0 aromatic heterocycles. The van der Waals surface area contributed by atoms with E-state index >= 15 is 0 Å². The number of Topliss-reactive ketones (excluding diaryl/α,β-unsaturated/α-hetero) is 1. The van der Waals surface area contributed by atoms with Crippen LogP contribution in [0.5, 0.6) is 0 Å². The number of hydrogen-bond donors (Lipinski definition) is 0. The van der Waals surface area contributed by atoms with E-state index in [2.05, 4.69) is 6.92 Å². The van der Waals surface area contributed by atoms with Crippen LogP contribution in [-0.4, -0.2) is 17.7 Å². The Morgan fingerprint density at radius 2 is 2.11 bits per heavy atom. The first-order chi connectivity index (χ1) is 9.16. The third kappa shape index (κ3) is 1.33. The summed E-state index contributed by atoms with van der Waals surface area (Å²) in [5.74, 6) is 0.392. The van der Waals surface area contributed by atoms with Crippen LogP contribution in [0.1, 0.15) is 48.5 Å². The van der Waals surface area contributed by atoms with Crippen LogP contribution < -0.4 is 4.90 Å². The molecule has 19 heavy (non-hydrogen) atoms. The molecule has 1 aromatic rings. The minimum Gasteiger partial charge on any atom is -0.308 e. The van der Waals surface area contributed by atoms with Crippen LogP contribution in [0.15, 0.2) is 23.8 Å². The molecule has 0 spiro atoms. The number of anilines is 1. The summed E-state index contributed by atoms with van der Waals surface area (Å²) < 4.78 is 0. The number of ketones is 1. The van der Waals surface area contributed by atoms with Crippen LogP contribution in [0.4, 0.5) is 5.69 Å². The molecule has 96 valence electrons. The lowest BCUT2D eigenvalue weighted by atomic mass is 9.98. The summed E-state index contributed by atoms with van der Waals surface area (Å²) in [7, 11) is 0. The van der Waals surface area contributed by atoms with E-state index in [1.54, 1.807) is 0 Å². The molecule has 4 rings (SSSR count).